The van der Waals surface area contributed by atoms with Gasteiger partial charge in [0.25, 0.3) is 5.91 Å². The van der Waals surface area contributed by atoms with Crippen molar-refractivity contribution in [2.24, 2.45) is 0 Å². The molecule has 4 aliphatic heterocycles. The van der Waals surface area contributed by atoms with Crippen LogP contribution in [-0.4, -0.2) is 105 Å². The van der Waals surface area contributed by atoms with Crippen LogP contribution in [-0.2, 0) is 29.1 Å². The Labute approximate surface area is 375 Å². The number of nitrogens with zero attached hydrogens (tertiary/aromatic N) is 8. The van der Waals surface area contributed by atoms with Crippen LogP contribution in [0.1, 0.15) is 69.1 Å². The number of Topliss-reactive ketones (excluding diaryl/α,β-unsaturated/α-hetero) is 1. The van der Waals surface area contributed by atoms with Crippen LogP contribution >= 0.6 is 0 Å². The monoisotopic (exact) mass is 876 g/mol. The Morgan fingerprint density at radius 2 is 1.63 bits per heavy atom. The molecule has 2 aromatic heterocycles. The SMILES string of the molecule is COc1ccc(F)cc1C(=O)CCc1ccc(-c2nn(C3CCN(c4ccc(CN5CCN(c6ccc7c(c6)CN([C@H]6CCC(=O)NC6=O)C7=O)CC5)cc4)C3)c3ncnc(N)c23)cc1. The molecule has 3 N–H and O–H groups in total. The number of piperidine rings is 1. The molecule has 3 amide bonds. The van der Waals surface area contributed by atoms with Crippen molar-refractivity contribution in [2.75, 3.05) is 61.9 Å². The second-order valence-electron chi connectivity index (χ2n) is 17.3. The fraction of sp³-hybridized carbons (Fsp3) is 0.327. The van der Waals surface area contributed by atoms with Crippen molar-refractivity contribution in [3.05, 3.63) is 125 Å². The Bertz CT molecular complexity index is 2820. The largest absolute Gasteiger partial charge is 0.496 e. The van der Waals surface area contributed by atoms with Gasteiger partial charge in [0, 0.05) is 87.7 Å². The number of ketones is 1. The lowest BCUT2D eigenvalue weighted by Gasteiger charge is -2.36. The molecule has 332 valence electrons. The van der Waals surface area contributed by atoms with Crippen LogP contribution in [0.15, 0.2) is 91.3 Å². The third kappa shape index (κ3) is 8.25. The van der Waals surface area contributed by atoms with Crippen LogP contribution < -0.4 is 25.6 Å². The molecular weight excluding hydrogens is 828 g/mol. The number of benzene rings is 4. The van der Waals surface area contributed by atoms with E-state index in [1.54, 1.807) is 4.90 Å². The number of amides is 3. The summed E-state index contributed by atoms with van der Waals surface area (Å²) in [6.45, 7) is 6.38. The summed E-state index contributed by atoms with van der Waals surface area (Å²) in [4.78, 5) is 68.1. The Hall–Kier alpha value is -7.20. The van der Waals surface area contributed by atoms with Crippen LogP contribution in [0.25, 0.3) is 22.3 Å². The fourth-order valence-corrected chi connectivity index (χ4v) is 9.74. The molecule has 0 radical (unpaired) electrons. The summed E-state index contributed by atoms with van der Waals surface area (Å²) in [6, 6.07) is 26.1. The zero-order chi connectivity index (χ0) is 44.8. The first-order valence-corrected chi connectivity index (χ1v) is 22.1. The number of rotatable bonds is 12. The Kier molecular flexibility index (Phi) is 11.2. The standard InChI is InChI=1S/C49H49FN10O5/c1-65-42-16-9-34(50)25-39(42)41(61)15-6-30-2-7-32(8-3-30)45-44-46(51)52-29-53-47(44)60(55-45)37-18-19-58(28-37)35-10-4-31(5-11-35)26-56-20-22-57(23-21-56)36-12-13-38-33(24-36)27-59(49(38)64)40-14-17-43(62)54-48(40)63/h2-5,7-13,16,24-25,29,37,40H,6,14-15,17-23,26-28H2,1H3,(H2,51,52,53)(H,54,62,63)/t37?,40-/m0/s1. The molecule has 6 aromatic rings. The maximum absolute atomic E-state index is 13.9. The third-order valence-electron chi connectivity index (χ3n) is 13.3. The lowest BCUT2D eigenvalue weighted by molar-refractivity contribution is -0.136. The van der Waals surface area contributed by atoms with Crippen LogP contribution in [0.5, 0.6) is 5.75 Å². The van der Waals surface area contributed by atoms with Crippen molar-refractivity contribution in [3.8, 4) is 17.0 Å². The van der Waals surface area contributed by atoms with Crippen molar-refractivity contribution < 1.29 is 28.3 Å². The van der Waals surface area contributed by atoms with Gasteiger partial charge in [-0.25, -0.2) is 19.0 Å². The van der Waals surface area contributed by atoms with E-state index in [4.69, 9.17) is 15.6 Å². The van der Waals surface area contributed by atoms with E-state index in [2.05, 4.69) is 60.3 Å². The fourth-order valence-electron chi connectivity index (χ4n) is 9.74. The van der Waals surface area contributed by atoms with Crippen LogP contribution in [0.4, 0.5) is 21.6 Å². The average Bonchev–Trinajstić information content (AvgIpc) is 4.05. The number of aromatic nitrogens is 4. The van der Waals surface area contributed by atoms with Gasteiger partial charge in [-0.15, -0.1) is 0 Å². The highest BCUT2D eigenvalue weighted by molar-refractivity contribution is 6.05. The summed E-state index contributed by atoms with van der Waals surface area (Å²) in [6.07, 6.45) is 3.64. The molecule has 0 spiro atoms. The predicted octanol–water partition coefficient (Wildman–Crippen LogP) is 5.57. The van der Waals surface area contributed by atoms with Crippen molar-refractivity contribution in [1.29, 1.82) is 0 Å². The second-order valence-corrected chi connectivity index (χ2v) is 17.3. The van der Waals surface area contributed by atoms with E-state index in [1.807, 2.05) is 41.1 Å². The normalized spacial score (nSPS) is 19.0. The lowest BCUT2D eigenvalue weighted by atomic mass is 10.00. The zero-order valence-corrected chi connectivity index (χ0v) is 36.1. The van der Waals surface area contributed by atoms with Gasteiger partial charge in [-0.1, -0.05) is 36.4 Å². The molecule has 3 fully saturated rings. The van der Waals surface area contributed by atoms with Gasteiger partial charge in [-0.05, 0) is 84.5 Å². The highest BCUT2D eigenvalue weighted by Crippen LogP contribution is 2.36. The Morgan fingerprint density at radius 1 is 0.862 bits per heavy atom. The molecule has 16 heteroatoms. The van der Waals surface area contributed by atoms with E-state index < -0.39 is 17.8 Å². The number of methoxy groups -OCH3 is 1. The van der Waals surface area contributed by atoms with Crippen molar-refractivity contribution in [2.45, 2.75) is 57.3 Å². The van der Waals surface area contributed by atoms with E-state index in [1.165, 1.54) is 37.2 Å². The Morgan fingerprint density at radius 3 is 2.40 bits per heavy atom. The number of fused-ring (bicyclic) bond motifs is 2. The summed E-state index contributed by atoms with van der Waals surface area (Å²) in [5.74, 6) is -0.785. The van der Waals surface area contributed by atoms with Crippen LogP contribution in [0.2, 0.25) is 0 Å². The first-order chi connectivity index (χ1) is 31.6. The number of ether oxygens (including phenoxy) is 1. The molecule has 4 aromatic carbocycles. The average molecular weight is 877 g/mol. The minimum Gasteiger partial charge on any atom is -0.496 e. The van der Waals surface area contributed by atoms with Gasteiger partial charge in [0.2, 0.25) is 11.8 Å². The van der Waals surface area contributed by atoms with Crippen LogP contribution in [0, 0.1) is 5.82 Å². The summed E-state index contributed by atoms with van der Waals surface area (Å²) in [5, 5.41) is 8.19. The minimum atomic E-state index is -0.619. The molecule has 6 heterocycles. The van der Waals surface area contributed by atoms with E-state index in [0.29, 0.717) is 53.2 Å². The predicted molar refractivity (Wildman–Crippen MR) is 243 cm³/mol. The number of anilines is 3. The number of imide groups is 1. The zero-order valence-electron chi connectivity index (χ0n) is 36.1. The minimum absolute atomic E-state index is 0.0667. The number of aryl methyl sites for hydroxylation is 1. The number of piperazine rings is 1. The van der Waals surface area contributed by atoms with Gasteiger partial charge in [-0.2, -0.15) is 5.10 Å². The van der Waals surface area contributed by atoms with Gasteiger partial charge < -0.3 is 25.2 Å². The van der Waals surface area contributed by atoms with Gasteiger partial charge in [0.1, 0.15) is 35.4 Å². The summed E-state index contributed by atoms with van der Waals surface area (Å²) >= 11 is 0. The number of halogens is 1. The van der Waals surface area contributed by atoms with Crippen molar-refractivity contribution in [1.82, 2.24) is 34.9 Å². The van der Waals surface area contributed by atoms with Gasteiger partial charge >= 0.3 is 0 Å². The molecule has 0 saturated carbocycles. The van der Waals surface area contributed by atoms with Gasteiger partial charge in [0.15, 0.2) is 11.4 Å². The Balaban J connectivity index is 0.743. The first-order valence-electron chi connectivity index (χ1n) is 22.1. The molecule has 3 saturated heterocycles. The smallest absolute Gasteiger partial charge is 0.255 e. The number of carbonyl (C=O) groups is 4. The highest BCUT2D eigenvalue weighted by Gasteiger charge is 2.39. The van der Waals surface area contributed by atoms with Gasteiger partial charge in [-0.3, -0.25) is 29.4 Å². The quantitative estimate of drug-likeness (QED) is 0.116. The summed E-state index contributed by atoms with van der Waals surface area (Å²) in [7, 11) is 1.47. The third-order valence-corrected chi connectivity index (χ3v) is 13.3. The molecule has 0 bridgehead atoms. The van der Waals surface area contributed by atoms with E-state index in [9.17, 15) is 23.6 Å². The van der Waals surface area contributed by atoms with E-state index in [0.717, 1.165) is 80.3 Å². The number of nitrogen functional groups attached to an aromatic ring is 1. The van der Waals surface area contributed by atoms with E-state index in [-0.39, 0.29) is 42.0 Å². The van der Waals surface area contributed by atoms with Gasteiger partial charge in [0.05, 0.1) is 24.1 Å². The number of carbonyl (C=O) groups excluding carboxylic acids is 4. The van der Waals surface area contributed by atoms with Crippen molar-refractivity contribution >= 4 is 51.7 Å². The molecule has 0 aliphatic carbocycles. The van der Waals surface area contributed by atoms with E-state index >= 15 is 0 Å². The number of hydrogen-bond acceptors (Lipinski definition) is 12. The molecule has 2 atom stereocenters. The molecular formula is C49H49FN10O5. The topological polar surface area (TPSA) is 172 Å². The maximum atomic E-state index is 13.9. The maximum Gasteiger partial charge on any atom is 0.255 e. The number of hydrogen-bond donors (Lipinski definition) is 2. The first kappa shape index (κ1) is 41.8. The molecule has 10 rings (SSSR count). The highest BCUT2D eigenvalue weighted by atomic mass is 19.1. The summed E-state index contributed by atoms with van der Waals surface area (Å²) in [5.41, 5.74) is 15.0. The number of nitrogens with one attached hydrogen (secondary N) is 1. The number of nitrogens with two attached hydrogens (primary N) is 1. The molecule has 65 heavy (non-hydrogen) atoms. The van der Waals surface area contributed by atoms with Crippen LogP contribution in [0.3, 0.4) is 0 Å². The van der Waals surface area contributed by atoms with Crippen molar-refractivity contribution in [3.63, 3.8) is 0 Å². The molecule has 15 nitrogen and oxygen atoms in total. The molecule has 4 aliphatic rings. The second kappa shape index (κ2) is 17.4. The lowest BCUT2D eigenvalue weighted by Crippen LogP contribution is -2.52. The summed E-state index contributed by atoms with van der Waals surface area (Å²) < 4.78 is 21.2. The molecule has 1 unspecified atom stereocenters.